The van der Waals surface area contributed by atoms with Gasteiger partial charge in [-0.3, -0.25) is 9.59 Å². The fraction of sp³-hybridized carbons (Fsp3) is 0.621. The molecule has 0 atom stereocenters. The van der Waals surface area contributed by atoms with E-state index in [0.717, 1.165) is 89.9 Å². The lowest BCUT2D eigenvalue weighted by Gasteiger charge is -2.22. The van der Waals surface area contributed by atoms with Gasteiger partial charge in [-0.2, -0.15) is 0 Å². The summed E-state index contributed by atoms with van der Waals surface area (Å²) in [4.78, 5) is 37.9. The minimum Gasteiger partial charge on any atom is -0.459 e. The molecule has 0 unspecified atom stereocenters. The number of esters is 3. The summed E-state index contributed by atoms with van der Waals surface area (Å²) < 4.78 is 17.0. The van der Waals surface area contributed by atoms with Crippen molar-refractivity contribution in [2.24, 2.45) is 11.8 Å². The van der Waals surface area contributed by atoms with Crippen LogP contribution in [0.15, 0.2) is 24.3 Å². The lowest BCUT2D eigenvalue weighted by molar-refractivity contribution is -0.144. The molecule has 1 aromatic carbocycles. The molecule has 3 aliphatic rings. The third-order valence-corrected chi connectivity index (χ3v) is 7.51. The Morgan fingerprint density at radius 3 is 1.74 bits per heavy atom. The Kier molecular flexibility index (Phi) is 9.38. The van der Waals surface area contributed by atoms with Crippen LogP contribution in [0.3, 0.4) is 0 Å². The third kappa shape index (κ3) is 7.68. The van der Waals surface area contributed by atoms with E-state index in [-0.39, 0.29) is 47.3 Å². The topological polar surface area (TPSA) is 78.9 Å². The molecule has 0 spiro atoms. The molecule has 6 nitrogen and oxygen atoms in total. The molecular weight excluding hydrogens is 444 g/mol. The summed E-state index contributed by atoms with van der Waals surface area (Å²) in [5, 5.41) is 0. The largest absolute Gasteiger partial charge is 0.459 e. The highest BCUT2D eigenvalue weighted by molar-refractivity contribution is 5.87. The molecule has 3 aliphatic carbocycles. The van der Waals surface area contributed by atoms with Crippen LogP contribution in [0.1, 0.15) is 102 Å². The third-order valence-electron chi connectivity index (χ3n) is 7.51. The van der Waals surface area contributed by atoms with Crippen LogP contribution in [-0.4, -0.2) is 24.0 Å². The van der Waals surface area contributed by atoms with Crippen LogP contribution >= 0.6 is 0 Å². The quantitative estimate of drug-likeness (QED) is 0.249. The second-order valence-corrected chi connectivity index (χ2v) is 10.2. The van der Waals surface area contributed by atoms with Crippen LogP contribution in [-0.2, 0) is 19.1 Å². The maximum Gasteiger partial charge on any atom is 0.331 e. The van der Waals surface area contributed by atoms with E-state index in [1.807, 2.05) is 0 Å². The fourth-order valence-electron chi connectivity index (χ4n) is 5.40. The average Bonchev–Trinajstić information content (AvgIpc) is 2.90. The molecule has 0 aliphatic heterocycles. The van der Waals surface area contributed by atoms with Crippen molar-refractivity contribution in [3.63, 3.8) is 0 Å². The smallest absolute Gasteiger partial charge is 0.331 e. The van der Waals surface area contributed by atoms with Gasteiger partial charge < -0.3 is 14.2 Å². The lowest BCUT2D eigenvalue weighted by atomic mass is 9.89. The van der Waals surface area contributed by atoms with Crippen molar-refractivity contribution < 1.29 is 28.6 Å². The number of ether oxygens (including phenoxy) is 3. The van der Waals surface area contributed by atoms with Gasteiger partial charge in [0, 0.05) is 6.08 Å². The summed E-state index contributed by atoms with van der Waals surface area (Å²) in [5.41, 5.74) is 0.675. The Hall–Kier alpha value is -2.63. The monoisotopic (exact) mass is 482 g/mol. The summed E-state index contributed by atoms with van der Waals surface area (Å²) >= 11 is 0. The van der Waals surface area contributed by atoms with Gasteiger partial charge in [0.1, 0.15) is 6.10 Å². The van der Waals surface area contributed by atoms with Gasteiger partial charge in [0.2, 0.25) is 0 Å². The number of rotatable bonds is 7. The Morgan fingerprint density at radius 1 is 0.657 bits per heavy atom. The van der Waals surface area contributed by atoms with Crippen molar-refractivity contribution in [3.8, 4) is 11.5 Å². The summed E-state index contributed by atoms with van der Waals surface area (Å²) in [5.74, 6) is -0.670. The highest BCUT2D eigenvalue weighted by Gasteiger charge is 2.27. The first-order valence-electron chi connectivity index (χ1n) is 13.5. The van der Waals surface area contributed by atoms with Crippen LogP contribution in [0, 0.1) is 11.8 Å². The maximum absolute atomic E-state index is 12.9. The molecule has 3 saturated carbocycles. The second kappa shape index (κ2) is 12.9. The molecule has 0 saturated heterocycles. The minimum atomic E-state index is -0.370. The second-order valence-electron chi connectivity index (χ2n) is 10.2. The first kappa shape index (κ1) is 25.5. The number of benzene rings is 1. The lowest BCUT2D eigenvalue weighted by Crippen LogP contribution is -2.25. The van der Waals surface area contributed by atoms with E-state index in [1.165, 1.54) is 12.5 Å². The van der Waals surface area contributed by atoms with Gasteiger partial charge in [-0.15, -0.1) is 0 Å². The van der Waals surface area contributed by atoms with Gasteiger partial charge in [0.15, 0.2) is 11.5 Å². The highest BCUT2D eigenvalue weighted by atomic mass is 16.6. The Labute approximate surface area is 208 Å². The van der Waals surface area contributed by atoms with Crippen LogP contribution in [0.2, 0.25) is 0 Å². The SMILES string of the molecule is O=C(/C=C/c1ccc(OC(=O)C2CCCCC2)c(OC(=O)C2CCCCC2)c1)OC1CCCCC1. The van der Waals surface area contributed by atoms with E-state index in [1.54, 1.807) is 24.3 Å². The molecular formula is C29H38O6. The predicted octanol–water partition coefficient (Wildman–Crippen LogP) is 6.55. The molecule has 3 fully saturated rings. The van der Waals surface area contributed by atoms with E-state index < -0.39 is 0 Å². The molecule has 1 aromatic rings. The van der Waals surface area contributed by atoms with Crippen LogP contribution in [0.5, 0.6) is 11.5 Å². The molecule has 0 N–H and O–H groups in total. The van der Waals surface area contributed by atoms with E-state index in [9.17, 15) is 14.4 Å². The Bertz CT molecular complexity index is 902. The molecule has 0 radical (unpaired) electrons. The normalized spacial score (nSPS) is 20.5. The first-order chi connectivity index (χ1) is 17.1. The summed E-state index contributed by atoms with van der Waals surface area (Å²) in [7, 11) is 0. The van der Waals surface area contributed by atoms with E-state index in [4.69, 9.17) is 14.2 Å². The average molecular weight is 483 g/mol. The van der Waals surface area contributed by atoms with Crippen LogP contribution in [0.25, 0.3) is 6.08 Å². The Balaban J connectivity index is 1.46. The number of hydrogen-bond donors (Lipinski definition) is 0. The summed E-state index contributed by atoms with van der Waals surface area (Å²) in [6.07, 6.45) is 18.0. The molecule has 0 bridgehead atoms. The van der Waals surface area contributed by atoms with Crippen molar-refractivity contribution in [3.05, 3.63) is 29.8 Å². The van der Waals surface area contributed by atoms with Crippen molar-refractivity contribution in [2.45, 2.75) is 102 Å². The van der Waals surface area contributed by atoms with Crippen molar-refractivity contribution >= 4 is 24.0 Å². The zero-order valence-electron chi connectivity index (χ0n) is 20.7. The molecule has 4 rings (SSSR count). The molecule has 0 amide bonds. The van der Waals surface area contributed by atoms with Crippen molar-refractivity contribution in [1.29, 1.82) is 0 Å². The van der Waals surface area contributed by atoms with Gasteiger partial charge >= 0.3 is 17.9 Å². The molecule has 6 heteroatoms. The maximum atomic E-state index is 12.9. The molecule has 35 heavy (non-hydrogen) atoms. The number of carbonyl (C=O) groups excluding carboxylic acids is 3. The van der Waals surface area contributed by atoms with Crippen molar-refractivity contribution in [1.82, 2.24) is 0 Å². The van der Waals surface area contributed by atoms with Crippen LogP contribution in [0.4, 0.5) is 0 Å². The Morgan fingerprint density at radius 2 is 1.17 bits per heavy atom. The minimum absolute atomic E-state index is 0.00511. The standard InChI is InChI=1S/C29H38O6/c30-27(33-24-14-8-3-9-15-24)19-17-21-16-18-25(34-28(31)22-10-4-1-5-11-22)26(20-21)35-29(32)23-12-6-2-7-13-23/h16-20,22-24H,1-15H2/b19-17+. The van der Waals surface area contributed by atoms with Gasteiger partial charge in [-0.1, -0.05) is 51.0 Å². The van der Waals surface area contributed by atoms with Crippen molar-refractivity contribution in [2.75, 3.05) is 0 Å². The van der Waals surface area contributed by atoms with E-state index in [0.29, 0.717) is 5.56 Å². The fourth-order valence-corrected chi connectivity index (χ4v) is 5.40. The number of carbonyl (C=O) groups is 3. The zero-order chi connectivity index (χ0) is 24.5. The van der Waals surface area contributed by atoms with E-state index in [2.05, 4.69) is 0 Å². The highest BCUT2D eigenvalue weighted by Crippen LogP contribution is 2.34. The number of hydrogen-bond acceptors (Lipinski definition) is 6. The zero-order valence-corrected chi connectivity index (χ0v) is 20.7. The summed E-state index contributed by atoms with van der Waals surface area (Å²) in [6, 6.07) is 5.07. The van der Waals surface area contributed by atoms with Gasteiger partial charge in [-0.05, 0) is 75.1 Å². The van der Waals surface area contributed by atoms with E-state index >= 15 is 0 Å². The van der Waals surface area contributed by atoms with Crippen LogP contribution < -0.4 is 9.47 Å². The predicted molar refractivity (Wildman–Crippen MR) is 133 cm³/mol. The van der Waals surface area contributed by atoms with Gasteiger partial charge in [-0.25, -0.2) is 4.79 Å². The van der Waals surface area contributed by atoms with Gasteiger partial charge in [0.05, 0.1) is 11.8 Å². The summed E-state index contributed by atoms with van der Waals surface area (Å²) in [6.45, 7) is 0. The first-order valence-corrected chi connectivity index (χ1v) is 13.5. The molecule has 0 heterocycles. The molecule has 190 valence electrons. The molecule has 0 aromatic heterocycles. The van der Waals surface area contributed by atoms with Gasteiger partial charge in [0.25, 0.3) is 0 Å².